The normalized spacial score (nSPS) is 15.3. The van der Waals surface area contributed by atoms with E-state index in [-0.39, 0.29) is 12.2 Å². The molecule has 0 saturated carbocycles. The lowest BCUT2D eigenvalue weighted by molar-refractivity contribution is 0.189. The Labute approximate surface area is 179 Å². The molecule has 4 aromatic heterocycles. The molecule has 0 atom stereocenters. The van der Waals surface area contributed by atoms with E-state index < -0.39 is 0 Å². The highest BCUT2D eigenvalue weighted by Crippen LogP contribution is 2.21. The fourth-order valence-electron chi connectivity index (χ4n) is 4.20. The van der Waals surface area contributed by atoms with Gasteiger partial charge in [-0.05, 0) is 32.0 Å². The summed E-state index contributed by atoms with van der Waals surface area (Å²) in [4.78, 5) is 26.6. The van der Waals surface area contributed by atoms with Crippen molar-refractivity contribution in [3.05, 3.63) is 58.4 Å². The molecule has 1 N–H and O–H groups in total. The molecule has 1 fully saturated rings. The lowest BCUT2D eigenvalue weighted by Crippen LogP contribution is -2.47. The van der Waals surface area contributed by atoms with Crippen molar-refractivity contribution >= 4 is 16.9 Å². The molecular formula is C22H25N7O2. The minimum absolute atomic E-state index is 0.135. The molecule has 1 aliphatic rings. The van der Waals surface area contributed by atoms with Gasteiger partial charge in [0.25, 0.3) is 5.56 Å². The minimum atomic E-state index is -0.135. The molecule has 160 valence electrons. The summed E-state index contributed by atoms with van der Waals surface area (Å²) < 4.78 is 3.38. The Morgan fingerprint density at radius 1 is 1.00 bits per heavy atom. The van der Waals surface area contributed by atoms with Gasteiger partial charge in [0, 0.05) is 45.0 Å². The Bertz CT molecular complexity index is 1320. The summed E-state index contributed by atoms with van der Waals surface area (Å²) >= 11 is 0. The van der Waals surface area contributed by atoms with Crippen LogP contribution in [0.2, 0.25) is 0 Å². The number of pyridine rings is 1. The number of aliphatic hydroxyl groups is 1. The molecule has 0 bridgehead atoms. The van der Waals surface area contributed by atoms with Gasteiger partial charge < -0.3 is 10.0 Å². The molecule has 0 amide bonds. The lowest BCUT2D eigenvalue weighted by Gasteiger charge is -2.35. The molecule has 0 aromatic carbocycles. The molecule has 0 spiro atoms. The molecular weight excluding hydrogens is 394 g/mol. The molecule has 31 heavy (non-hydrogen) atoms. The first kappa shape index (κ1) is 19.7. The first-order valence-electron chi connectivity index (χ1n) is 10.5. The van der Waals surface area contributed by atoms with E-state index in [9.17, 15) is 4.79 Å². The number of aromatic nitrogens is 5. The van der Waals surface area contributed by atoms with Crippen molar-refractivity contribution in [1.82, 2.24) is 28.9 Å². The van der Waals surface area contributed by atoms with Gasteiger partial charge in [0.1, 0.15) is 11.3 Å². The number of aliphatic hydroxyl groups excluding tert-OH is 1. The third-order valence-electron chi connectivity index (χ3n) is 5.82. The van der Waals surface area contributed by atoms with Gasteiger partial charge in [-0.2, -0.15) is 5.10 Å². The summed E-state index contributed by atoms with van der Waals surface area (Å²) in [5, 5.41) is 13.7. The van der Waals surface area contributed by atoms with E-state index in [4.69, 9.17) is 5.11 Å². The van der Waals surface area contributed by atoms with Gasteiger partial charge in [-0.15, -0.1) is 0 Å². The second-order valence-corrected chi connectivity index (χ2v) is 7.97. The number of hydrogen-bond donors (Lipinski definition) is 1. The predicted molar refractivity (Wildman–Crippen MR) is 119 cm³/mol. The van der Waals surface area contributed by atoms with Crippen LogP contribution in [-0.2, 0) is 0 Å². The first-order chi connectivity index (χ1) is 15.0. The molecule has 1 aliphatic heterocycles. The van der Waals surface area contributed by atoms with Gasteiger partial charge in [-0.1, -0.05) is 0 Å². The molecule has 5 heterocycles. The largest absolute Gasteiger partial charge is 0.395 e. The maximum Gasteiger partial charge on any atom is 0.258 e. The van der Waals surface area contributed by atoms with Crippen LogP contribution in [0.15, 0.2) is 41.5 Å². The highest BCUT2D eigenvalue weighted by atomic mass is 16.3. The zero-order valence-corrected chi connectivity index (χ0v) is 17.7. The van der Waals surface area contributed by atoms with Crippen molar-refractivity contribution < 1.29 is 5.11 Å². The van der Waals surface area contributed by atoms with Crippen LogP contribution in [0.1, 0.15) is 11.4 Å². The molecule has 1 saturated heterocycles. The van der Waals surface area contributed by atoms with Gasteiger partial charge >= 0.3 is 0 Å². The van der Waals surface area contributed by atoms with Crippen molar-refractivity contribution in [3.63, 3.8) is 0 Å². The molecule has 9 nitrogen and oxygen atoms in total. The van der Waals surface area contributed by atoms with Gasteiger partial charge in [0.2, 0.25) is 0 Å². The molecule has 0 radical (unpaired) electrons. The van der Waals surface area contributed by atoms with E-state index in [0.717, 1.165) is 48.8 Å². The van der Waals surface area contributed by atoms with E-state index in [1.54, 1.807) is 8.92 Å². The average Bonchev–Trinajstić information content (AvgIpc) is 3.19. The maximum absolute atomic E-state index is 12.9. The Balaban J connectivity index is 1.48. The zero-order valence-electron chi connectivity index (χ0n) is 17.7. The smallest absolute Gasteiger partial charge is 0.258 e. The van der Waals surface area contributed by atoms with Crippen molar-refractivity contribution in [1.29, 1.82) is 0 Å². The summed E-state index contributed by atoms with van der Waals surface area (Å²) in [5.74, 6) is 0. The lowest BCUT2D eigenvalue weighted by atomic mass is 10.2. The number of piperazine rings is 1. The first-order valence-corrected chi connectivity index (χ1v) is 10.5. The molecule has 0 unspecified atom stereocenters. The van der Waals surface area contributed by atoms with Crippen molar-refractivity contribution in [2.24, 2.45) is 0 Å². The van der Waals surface area contributed by atoms with Gasteiger partial charge in [-0.25, -0.2) is 9.50 Å². The van der Waals surface area contributed by atoms with E-state index in [1.165, 1.54) is 6.07 Å². The number of aryl methyl sites for hydroxylation is 2. The summed E-state index contributed by atoms with van der Waals surface area (Å²) in [6, 6.07) is 7.34. The number of hydrogen-bond acceptors (Lipinski definition) is 7. The quantitative estimate of drug-likeness (QED) is 0.530. The van der Waals surface area contributed by atoms with E-state index in [2.05, 4.69) is 24.9 Å². The van der Waals surface area contributed by atoms with Crippen LogP contribution in [0.25, 0.3) is 22.6 Å². The molecule has 9 heteroatoms. The fourth-order valence-corrected chi connectivity index (χ4v) is 4.20. The molecule has 0 aliphatic carbocycles. The zero-order chi connectivity index (χ0) is 21.5. The number of anilines is 1. The van der Waals surface area contributed by atoms with Crippen LogP contribution in [-0.4, -0.2) is 73.3 Å². The van der Waals surface area contributed by atoms with Crippen LogP contribution < -0.4 is 10.5 Å². The monoisotopic (exact) mass is 419 g/mol. The van der Waals surface area contributed by atoms with E-state index in [0.29, 0.717) is 23.6 Å². The summed E-state index contributed by atoms with van der Waals surface area (Å²) in [7, 11) is 0. The van der Waals surface area contributed by atoms with Crippen LogP contribution >= 0.6 is 0 Å². The van der Waals surface area contributed by atoms with E-state index >= 15 is 0 Å². The number of fused-ring (bicyclic) bond motifs is 2. The third-order valence-corrected chi connectivity index (χ3v) is 5.82. The molecule has 5 rings (SSSR count). The Hall–Kier alpha value is -3.30. The Kier molecular flexibility index (Phi) is 4.91. The van der Waals surface area contributed by atoms with E-state index in [1.807, 2.05) is 44.4 Å². The average molecular weight is 419 g/mol. The minimum Gasteiger partial charge on any atom is -0.395 e. The summed E-state index contributed by atoms with van der Waals surface area (Å²) in [5.41, 5.74) is 5.33. The van der Waals surface area contributed by atoms with Crippen molar-refractivity contribution in [3.8, 4) is 11.4 Å². The van der Waals surface area contributed by atoms with Crippen molar-refractivity contribution in [2.75, 3.05) is 44.2 Å². The van der Waals surface area contributed by atoms with Gasteiger partial charge in [0.05, 0.1) is 41.1 Å². The van der Waals surface area contributed by atoms with Crippen molar-refractivity contribution in [2.45, 2.75) is 13.8 Å². The number of β-amino-alcohol motifs (C(OH)–C–C–N with tert-alkyl or cyclic N) is 1. The highest BCUT2D eigenvalue weighted by Gasteiger charge is 2.18. The Morgan fingerprint density at radius 2 is 1.81 bits per heavy atom. The van der Waals surface area contributed by atoms with Gasteiger partial charge in [0.15, 0.2) is 0 Å². The second kappa shape index (κ2) is 7.75. The maximum atomic E-state index is 12.9. The highest BCUT2D eigenvalue weighted by molar-refractivity contribution is 5.66. The summed E-state index contributed by atoms with van der Waals surface area (Å²) in [6.07, 6.45) is 3.73. The predicted octanol–water partition coefficient (Wildman–Crippen LogP) is 1.14. The topological polar surface area (TPSA) is 91.3 Å². The number of nitrogens with zero attached hydrogens (tertiary/aromatic N) is 7. The summed E-state index contributed by atoms with van der Waals surface area (Å²) in [6.45, 7) is 8.27. The SMILES string of the molecule is Cc1cn2nc(-c3cc(=O)n4cc(N5CCN(CCO)CC5)ccc4n3)cc2c(C)n1. The van der Waals surface area contributed by atoms with Gasteiger partial charge in [-0.3, -0.25) is 19.1 Å². The Morgan fingerprint density at radius 3 is 2.58 bits per heavy atom. The van der Waals surface area contributed by atoms with Crippen LogP contribution in [0, 0.1) is 13.8 Å². The van der Waals surface area contributed by atoms with Crippen LogP contribution in [0.3, 0.4) is 0 Å². The molecule has 4 aromatic rings. The third kappa shape index (κ3) is 3.66. The standard InChI is InChI=1S/C22H25N7O2/c1-15-13-29-20(16(2)23-15)11-19(25-29)18-12-22(31)28-14-17(3-4-21(28)24-18)27-7-5-26(6-8-27)9-10-30/h3-4,11-14,30H,5-10H2,1-2H3. The van der Waals surface area contributed by atoms with Crippen LogP contribution in [0.5, 0.6) is 0 Å². The fraction of sp³-hybridized carbons (Fsp3) is 0.364. The van der Waals surface area contributed by atoms with Crippen LogP contribution in [0.4, 0.5) is 5.69 Å². The second-order valence-electron chi connectivity index (χ2n) is 7.97. The number of rotatable bonds is 4.